The van der Waals surface area contributed by atoms with Crippen molar-refractivity contribution >= 4 is 45.0 Å². The number of amides is 2. The van der Waals surface area contributed by atoms with E-state index in [1.54, 1.807) is 19.2 Å². The van der Waals surface area contributed by atoms with Crippen molar-refractivity contribution in [2.45, 2.75) is 58.1 Å². The van der Waals surface area contributed by atoms with Crippen molar-refractivity contribution in [3.63, 3.8) is 0 Å². The molecule has 0 spiro atoms. The van der Waals surface area contributed by atoms with Gasteiger partial charge in [0.15, 0.2) is 5.72 Å². The third-order valence-corrected chi connectivity index (χ3v) is 12.9. The van der Waals surface area contributed by atoms with E-state index in [1.807, 2.05) is 79.7 Å². The van der Waals surface area contributed by atoms with Crippen LogP contribution in [0.5, 0.6) is 11.5 Å². The minimum atomic E-state index is -1.06. The number of allylic oxidation sites excluding steroid dienone is 1. The first-order chi connectivity index (χ1) is 31.2. The highest BCUT2D eigenvalue weighted by Crippen LogP contribution is 2.45. The summed E-state index contributed by atoms with van der Waals surface area (Å²) in [6, 6.07) is 35.3. The number of carbonyl (C=O) groups excluding carboxylic acids is 3. The van der Waals surface area contributed by atoms with Gasteiger partial charge in [0.2, 0.25) is 0 Å². The summed E-state index contributed by atoms with van der Waals surface area (Å²) in [5.41, 5.74) is 11.5. The van der Waals surface area contributed by atoms with Crippen LogP contribution in [0.2, 0.25) is 0 Å². The van der Waals surface area contributed by atoms with Gasteiger partial charge in [0, 0.05) is 60.9 Å². The quantitative estimate of drug-likeness (QED) is 0.0607. The highest BCUT2D eigenvalue weighted by atomic mass is 28.2. The van der Waals surface area contributed by atoms with Crippen molar-refractivity contribution < 1.29 is 28.3 Å². The molecule has 1 aromatic heterocycles. The maximum atomic E-state index is 14.6. The van der Waals surface area contributed by atoms with Crippen LogP contribution in [0.4, 0.5) is 5.69 Å². The van der Waals surface area contributed by atoms with Gasteiger partial charge in [0.25, 0.3) is 11.8 Å². The van der Waals surface area contributed by atoms with Crippen LogP contribution in [0.15, 0.2) is 115 Å². The minimum absolute atomic E-state index is 0.0471. The molecule has 12 nitrogen and oxygen atoms in total. The lowest BCUT2D eigenvalue weighted by Crippen LogP contribution is -2.44. The number of hydrogen-bond acceptors (Lipinski definition) is 9. The van der Waals surface area contributed by atoms with Gasteiger partial charge < -0.3 is 34.3 Å². The van der Waals surface area contributed by atoms with Crippen LogP contribution in [-0.4, -0.2) is 102 Å². The summed E-state index contributed by atoms with van der Waals surface area (Å²) in [7, 11) is 5.60. The predicted molar refractivity (Wildman–Crippen MR) is 261 cm³/mol. The molecule has 338 valence electrons. The molecule has 0 bridgehead atoms. The van der Waals surface area contributed by atoms with Crippen molar-refractivity contribution in [1.29, 1.82) is 0 Å². The highest BCUT2D eigenvalue weighted by molar-refractivity contribution is 6.15. The lowest BCUT2D eigenvalue weighted by molar-refractivity contribution is 0.0877. The van der Waals surface area contributed by atoms with E-state index in [0.29, 0.717) is 63.7 Å². The number of rotatable bonds is 16. The van der Waals surface area contributed by atoms with Crippen LogP contribution >= 0.6 is 0 Å². The van der Waals surface area contributed by atoms with Crippen LogP contribution in [0, 0.1) is 6.92 Å². The van der Waals surface area contributed by atoms with Gasteiger partial charge in [0.05, 0.1) is 47.3 Å². The van der Waals surface area contributed by atoms with Crippen LogP contribution in [0.3, 0.4) is 0 Å². The first-order valence-corrected chi connectivity index (χ1v) is 23.0. The number of likely N-dealkylation sites (N-methyl/N-ethyl adjacent to an activating group) is 1. The molecular formula is C52H60N6O6Si. The Bertz CT molecular complexity index is 2680. The van der Waals surface area contributed by atoms with E-state index < -0.39 is 23.0 Å². The number of hydrogen-bond donors (Lipinski definition) is 1. The molecule has 1 aliphatic rings. The van der Waals surface area contributed by atoms with E-state index in [0.717, 1.165) is 60.6 Å². The van der Waals surface area contributed by atoms with Gasteiger partial charge >= 0.3 is 0 Å². The van der Waals surface area contributed by atoms with Crippen LogP contribution in [-0.2, 0) is 20.4 Å². The molecule has 0 radical (unpaired) electrons. The van der Waals surface area contributed by atoms with Crippen molar-refractivity contribution in [1.82, 2.24) is 19.4 Å². The molecule has 7 rings (SSSR count). The lowest BCUT2D eigenvalue weighted by atomic mass is 9.90. The zero-order valence-electron chi connectivity index (χ0n) is 38.8. The number of benzene rings is 5. The van der Waals surface area contributed by atoms with E-state index in [4.69, 9.17) is 24.6 Å². The molecule has 13 heteroatoms. The Morgan fingerprint density at radius 3 is 2.11 bits per heavy atom. The molecule has 2 heterocycles. The molecule has 0 saturated carbocycles. The molecule has 5 aromatic carbocycles. The molecule has 1 aliphatic heterocycles. The maximum absolute atomic E-state index is 14.6. The molecule has 0 aliphatic carbocycles. The summed E-state index contributed by atoms with van der Waals surface area (Å²) in [6.07, 6.45) is 2.07. The summed E-state index contributed by atoms with van der Waals surface area (Å²) < 4.78 is 21.4. The van der Waals surface area contributed by atoms with E-state index >= 15 is 0 Å². The first kappa shape index (κ1) is 46.5. The Hall–Kier alpha value is -6.50. The summed E-state index contributed by atoms with van der Waals surface area (Å²) in [5, 5.41) is 0. The number of carbonyl (C=O) groups is 2. The SMILES string of the molecule is COc1c(-c2cccc3c2nc(C(C)(C)C)n3C(O[SiH3])(c2ccccc2)c2ccccc2)ccc(C(=O)N(C)c2ccc(C)cc2OCCCCC(=C=O)N2CCN(C)CC2)c1C(N)=O. The van der Waals surface area contributed by atoms with Crippen molar-refractivity contribution in [2.75, 3.05) is 58.9 Å². The number of ether oxygens (including phenoxy) is 2. The summed E-state index contributed by atoms with van der Waals surface area (Å²) in [5.74, 6) is 2.35. The molecule has 0 unspecified atom stereocenters. The van der Waals surface area contributed by atoms with Crippen LogP contribution in [0.1, 0.15) is 83.3 Å². The number of anilines is 1. The Morgan fingerprint density at radius 1 is 0.862 bits per heavy atom. The number of methoxy groups -OCH3 is 1. The number of para-hydroxylation sites is 1. The second-order valence-electron chi connectivity index (χ2n) is 17.7. The third-order valence-electron chi connectivity index (χ3n) is 12.3. The summed E-state index contributed by atoms with van der Waals surface area (Å²) >= 11 is 0. The molecule has 1 saturated heterocycles. The number of aromatic nitrogens is 2. The molecule has 65 heavy (non-hydrogen) atoms. The van der Waals surface area contributed by atoms with E-state index in [1.165, 1.54) is 12.0 Å². The number of piperazine rings is 1. The fourth-order valence-corrected chi connectivity index (χ4v) is 9.53. The number of fused-ring (bicyclic) bond motifs is 1. The van der Waals surface area contributed by atoms with Gasteiger partial charge in [-0.25, -0.2) is 9.78 Å². The fraction of sp³-hybridized carbons (Fsp3) is 0.327. The Labute approximate surface area is 385 Å². The molecule has 2 N–H and O–H groups in total. The van der Waals surface area contributed by atoms with Crippen LogP contribution in [0.25, 0.3) is 22.2 Å². The van der Waals surface area contributed by atoms with Crippen molar-refractivity contribution in [3.8, 4) is 22.6 Å². The highest BCUT2D eigenvalue weighted by Gasteiger charge is 2.42. The number of unbranched alkanes of at least 4 members (excludes halogenated alkanes) is 1. The van der Waals surface area contributed by atoms with Gasteiger partial charge in [0.1, 0.15) is 33.8 Å². The molecule has 2 amide bonds. The topological polar surface area (TPSA) is 132 Å². The number of primary amides is 1. The Morgan fingerprint density at radius 2 is 1.52 bits per heavy atom. The Kier molecular flexibility index (Phi) is 14.1. The maximum Gasteiger partial charge on any atom is 0.259 e. The predicted octanol–water partition coefficient (Wildman–Crippen LogP) is 7.25. The lowest BCUT2D eigenvalue weighted by Gasteiger charge is -2.39. The van der Waals surface area contributed by atoms with E-state index in [9.17, 15) is 14.4 Å². The number of nitrogens with two attached hydrogens (primary N) is 1. The number of aryl methyl sites for hydroxylation is 1. The fourth-order valence-electron chi connectivity index (χ4n) is 8.88. The smallest absolute Gasteiger partial charge is 0.259 e. The van der Waals surface area contributed by atoms with Gasteiger partial charge in [-0.05, 0) is 69.1 Å². The average molecular weight is 893 g/mol. The standard InChI is InChI=1S/C52H60N6O6Si/c1-35-24-27-42(44(33-35)63-32-15-14-21-38(34-59)57-30-28-55(5)29-31-57)56(6)49(61)41-26-25-40(47(62-7)45(41)48(53)60)39-22-16-23-43-46(39)54-50(51(2,3)4)58(43)52(64-65,36-17-10-8-11-18-36)37-19-12-9-13-20-37/h8-13,16-20,22-27,33H,14-15,21,28-32H2,1-7,65H3,(H2,53,60). The molecule has 0 atom stereocenters. The summed E-state index contributed by atoms with van der Waals surface area (Å²) in [6.45, 7) is 12.2. The molecule has 1 fully saturated rings. The van der Waals surface area contributed by atoms with Crippen molar-refractivity contribution in [2.24, 2.45) is 5.73 Å². The first-order valence-electron chi connectivity index (χ1n) is 22.1. The monoisotopic (exact) mass is 892 g/mol. The molecular weight excluding hydrogens is 833 g/mol. The zero-order chi connectivity index (χ0) is 46.5. The van der Waals surface area contributed by atoms with Gasteiger partial charge in [-0.15, -0.1) is 0 Å². The zero-order valence-corrected chi connectivity index (χ0v) is 40.8. The largest absolute Gasteiger partial charge is 0.495 e. The van der Waals surface area contributed by atoms with Gasteiger partial charge in [-0.3, -0.25) is 14.2 Å². The minimum Gasteiger partial charge on any atom is -0.495 e. The van der Waals surface area contributed by atoms with Crippen LogP contribution < -0.4 is 20.1 Å². The normalized spacial score (nSPS) is 13.4. The van der Waals surface area contributed by atoms with Gasteiger partial charge in [-0.2, -0.15) is 0 Å². The second-order valence-corrected chi connectivity index (χ2v) is 18.1. The second kappa shape index (κ2) is 19.7. The van der Waals surface area contributed by atoms with E-state index in [-0.39, 0.29) is 16.9 Å². The third kappa shape index (κ3) is 9.23. The van der Waals surface area contributed by atoms with E-state index in [2.05, 4.69) is 72.4 Å². The number of imidazole rings is 1. The number of nitrogens with zero attached hydrogens (tertiary/aromatic N) is 5. The van der Waals surface area contributed by atoms with Gasteiger partial charge in [-0.1, -0.05) is 99.6 Å². The Balaban J connectivity index is 1.24. The average Bonchev–Trinajstić information content (AvgIpc) is 3.72. The summed E-state index contributed by atoms with van der Waals surface area (Å²) in [4.78, 5) is 51.2. The molecule has 6 aromatic rings. The van der Waals surface area contributed by atoms with Crippen molar-refractivity contribution in [3.05, 3.63) is 149 Å².